The van der Waals surface area contributed by atoms with E-state index in [1.807, 2.05) is 0 Å². The van der Waals surface area contributed by atoms with Crippen molar-refractivity contribution in [2.75, 3.05) is 0 Å². The zero-order valence-electron chi connectivity index (χ0n) is 9.69. The number of hydrogen-bond donors (Lipinski definition) is 0. The van der Waals surface area contributed by atoms with Crippen molar-refractivity contribution >= 4 is 115 Å². The first-order chi connectivity index (χ1) is 9.11. The smallest absolute Gasteiger partial charge is 0.109 e. The van der Waals surface area contributed by atoms with Crippen molar-refractivity contribution in [2.24, 2.45) is 23.7 Å². The molecule has 0 unspecified atom stereocenters. The van der Waals surface area contributed by atoms with E-state index in [1.54, 1.807) is 0 Å². The molecule has 4 bridgehead atoms. The molecule has 8 atom stereocenters. The van der Waals surface area contributed by atoms with Crippen molar-refractivity contribution in [1.82, 2.24) is 0 Å². The van der Waals surface area contributed by atoms with Crippen LogP contribution >= 0.6 is 115 Å². The molecule has 0 N–H and O–H groups in total. The molecule has 0 aromatic carbocycles. The van der Waals surface area contributed by atoms with E-state index in [4.69, 9.17) is 69.6 Å². The second-order valence-electron chi connectivity index (χ2n) is 6.13. The monoisotopic (exact) mass is 616 g/mol. The highest BCUT2D eigenvalue weighted by molar-refractivity contribution is 14.1. The fourth-order valence-electron chi connectivity index (χ4n) is 4.92. The largest absolute Gasteiger partial charge is 0.166 e. The first-order valence-corrected chi connectivity index (χ1v) is 11.0. The van der Waals surface area contributed by atoms with E-state index < -0.39 is 14.1 Å². The maximum atomic E-state index is 6.90. The molecule has 0 aromatic heterocycles. The van der Waals surface area contributed by atoms with Crippen LogP contribution in [0.15, 0.2) is 10.1 Å². The second kappa shape index (κ2) is 4.56. The van der Waals surface area contributed by atoms with Gasteiger partial charge < -0.3 is 0 Å². The summed E-state index contributed by atoms with van der Waals surface area (Å²) in [4.78, 5) is -2.11. The van der Waals surface area contributed by atoms with Crippen molar-refractivity contribution < 1.29 is 0 Å². The molecule has 0 aromatic rings. The molecule has 0 aliphatic heterocycles. The Morgan fingerprint density at radius 1 is 0.800 bits per heavy atom. The van der Waals surface area contributed by atoms with E-state index in [2.05, 4.69) is 45.2 Å². The zero-order valence-corrected chi connectivity index (χ0v) is 18.5. The van der Waals surface area contributed by atoms with Crippen LogP contribution in [0.3, 0.4) is 0 Å². The normalized spacial score (nSPS) is 62.4. The summed E-state index contributed by atoms with van der Waals surface area (Å²) in [6, 6.07) is 0. The van der Waals surface area contributed by atoms with Gasteiger partial charge in [-0.15, -0.1) is 23.2 Å². The summed E-state index contributed by atoms with van der Waals surface area (Å²) in [5.41, 5.74) is 0. The minimum atomic E-state index is -1.36. The Bertz CT molecular complexity index is 506. The molecule has 20 heavy (non-hydrogen) atoms. The predicted molar refractivity (Wildman–Crippen MR) is 105 cm³/mol. The molecule has 3 saturated carbocycles. The summed E-state index contributed by atoms with van der Waals surface area (Å²) < 4.78 is -0.273. The van der Waals surface area contributed by atoms with Crippen LogP contribution in [0.2, 0.25) is 0 Å². The predicted octanol–water partition coefficient (Wildman–Crippen LogP) is 6.32. The average molecular weight is 619 g/mol. The highest BCUT2D eigenvalue weighted by Crippen LogP contribution is 2.83. The van der Waals surface area contributed by atoms with Gasteiger partial charge in [-0.25, -0.2) is 0 Å². The van der Waals surface area contributed by atoms with Gasteiger partial charge in [0.25, 0.3) is 0 Å². The van der Waals surface area contributed by atoms with Crippen LogP contribution in [-0.4, -0.2) is 21.9 Å². The number of hydrogen-bond acceptors (Lipinski definition) is 0. The Hall–Kier alpha value is 2.94. The molecule has 8 heteroatoms. The maximum absolute atomic E-state index is 6.90. The molecule has 0 nitrogen and oxygen atoms in total. The minimum Gasteiger partial charge on any atom is -0.109 e. The van der Waals surface area contributed by atoms with E-state index in [-0.39, 0.29) is 11.8 Å². The summed E-state index contributed by atoms with van der Waals surface area (Å²) in [5.74, 6) is 1.09. The van der Waals surface area contributed by atoms with Gasteiger partial charge in [0.05, 0.1) is 10.1 Å². The average Bonchev–Trinajstić information content (AvgIpc) is 2.97. The van der Waals surface area contributed by atoms with Crippen LogP contribution in [0.5, 0.6) is 0 Å². The van der Waals surface area contributed by atoms with Gasteiger partial charge in [-0.1, -0.05) is 91.6 Å². The number of fused-ring (bicyclic) bond motifs is 9. The van der Waals surface area contributed by atoms with Crippen LogP contribution in [-0.2, 0) is 0 Å². The fraction of sp³-hybridized carbons (Fsp3) is 0.833. The maximum Gasteiger partial charge on any atom is 0.166 e. The Balaban J connectivity index is 1.98. The zero-order chi connectivity index (χ0) is 14.8. The molecule has 0 saturated heterocycles. The molecule has 4 aliphatic carbocycles. The molecule has 4 aliphatic rings. The van der Waals surface area contributed by atoms with E-state index in [1.165, 1.54) is 0 Å². The summed E-state index contributed by atoms with van der Waals surface area (Å²) in [7, 11) is 0. The van der Waals surface area contributed by atoms with Crippen molar-refractivity contribution in [3.8, 4) is 0 Å². The first kappa shape index (κ1) is 16.4. The molecule has 0 heterocycles. The lowest BCUT2D eigenvalue weighted by atomic mass is 9.72. The minimum absolute atomic E-state index is 0.101. The molecule has 4 rings (SSSR count). The molecule has 112 valence electrons. The van der Waals surface area contributed by atoms with Crippen LogP contribution in [0, 0.1) is 23.7 Å². The quantitative estimate of drug-likeness (QED) is 0.169. The molecular weight excluding hydrogens is 611 g/mol. The molecule has 0 spiro atoms. The Labute approximate surface area is 174 Å². The third kappa shape index (κ3) is 1.41. The molecular formula is C12H8Cl6I2. The van der Waals surface area contributed by atoms with E-state index >= 15 is 0 Å². The van der Waals surface area contributed by atoms with Crippen molar-refractivity contribution in [3.05, 3.63) is 10.1 Å². The second-order valence-corrected chi connectivity index (χ2v) is 12.3. The third-order valence-electron chi connectivity index (χ3n) is 5.64. The number of halogens is 8. The Kier molecular flexibility index (Phi) is 3.74. The number of alkyl halides is 6. The van der Waals surface area contributed by atoms with Gasteiger partial charge in [0.1, 0.15) is 9.75 Å². The molecule has 3 fully saturated rings. The van der Waals surface area contributed by atoms with Gasteiger partial charge in [0.2, 0.25) is 0 Å². The number of allylic oxidation sites excluding steroid dienone is 2. The van der Waals surface area contributed by atoms with Crippen LogP contribution < -0.4 is 0 Å². The molecule has 0 amide bonds. The fourth-order valence-corrected chi connectivity index (χ4v) is 10.6. The highest BCUT2D eigenvalue weighted by atomic mass is 127. The third-order valence-corrected chi connectivity index (χ3v) is 14.7. The summed E-state index contributed by atoms with van der Waals surface area (Å²) >= 11 is 45.0. The summed E-state index contributed by atoms with van der Waals surface area (Å²) in [5, 5.41) is 0.700. The van der Waals surface area contributed by atoms with Crippen molar-refractivity contribution in [1.29, 1.82) is 0 Å². The van der Waals surface area contributed by atoms with E-state index in [0.717, 1.165) is 6.42 Å². The van der Waals surface area contributed by atoms with Crippen molar-refractivity contribution in [2.45, 2.75) is 28.4 Å². The van der Waals surface area contributed by atoms with E-state index in [0.29, 0.717) is 29.7 Å². The summed E-state index contributed by atoms with van der Waals surface area (Å²) in [6.07, 6.45) is 1.11. The Morgan fingerprint density at radius 2 is 1.15 bits per heavy atom. The molecule has 0 radical (unpaired) electrons. The summed E-state index contributed by atoms with van der Waals surface area (Å²) in [6.45, 7) is 0. The highest BCUT2D eigenvalue weighted by Gasteiger charge is 2.87. The topological polar surface area (TPSA) is 0 Å². The van der Waals surface area contributed by atoms with Crippen LogP contribution in [0.1, 0.15) is 6.42 Å². The SMILES string of the molecule is ClC1=C(Cl)[C@@]2(Cl)[C@@H]3[C@H]4C[C@@H]([C@H](I)[C@@H]4I)[C@H]3[C@@]1(Cl)C2(Cl)Cl. The lowest BCUT2D eigenvalue weighted by Crippen LogP contribution is -2.46. The van der Waals surface area contributed by atoms with Gasteiger partial charge in [0.15, 0.2) is 4.33 Å². The van der Waals surface area contributed by atoms with Gasteiger partial charge in [-0.2, -0.15) is 0 Å². The van der Waals surface area contributed by atoms with Gasteiger partial charge in [-0.3, -0.25) is 0 Å². The first-order valence-electron chi connectivity index (χ1n) is 6.21. The van der Waals surface area contributed by atoms with Crippen LogP contribution in [0.4, 0.5) is 0 Å². The van der Waals surface area contributed by atoms with Gasteiger partial charge in [0, 0.05) is 7.85 Å². The van der Waals surface area contributed by atoms with Gasteiger partial charge in [-0.05, 0) is 30.1 Å². The van der Waals surface area contributed by atoms with E-state index in [9.17, 15) is 0 Å². The number of rotatable bonds is 0. The Morgan fingerprint density at radius 3 is 1.50 bits per heavy atom. The lowest BCUT2D eigenvalue weighted by molar-refractivity contribution is 0.238. The van der Waals surface area contributed by atoms with Crippen molar-refractivity contribution in [3.63, 3.8) is 0 Å². The van der Waals surface area contributed by atoms with Gasteiger partial charge >= 0.3 is 0 Å². The lowest BCUT2D eigenvalue weighted by Gasteiger charge is -2.43. The van der Waals surface area contributed by atoms with Crippen LogP contribution in [0.25, 0.3) is 0 Å². The standard InChI is InChI=1S/C12H8Cl6I2/c13-8-9(14)11(16)5-3-1-2(6(19)7(3)20)4(5)10(8,15)12(11,17)18/h2-7H,1H2/t2-,3-,4-,5-,6-,7+,10+,11+/m1/s1.